The SMILES string of the molecule is O=C(C[C@H]1CN(C(=O)CN2CCCCCC2=O)CC[C@@H]1Oc1cccc(Cl)c1)N1CCCCC1. The van der Waals surface area contributed by atoms with Crippen LogP contribution in [0, 0.1) is 5.92 Å². The van der Waals surface area contributed by atoms with Crippen LogP contribution in [0.1, 0.15) is 57.8 Å². The number of ether oxygens (including phenoxy) is 1. The van der Waals surface area contributed by atoms with Gasteiger partial charge in [-0.05, 0) is 50.3 Å². The van der Waals surface area contributed by atoms with Crippen LogP contribution in [0.4, 0.5) is 0 Å². The molecule has 3 heterocycles. The van der Waals surface area contributed by atoms with Crippen LogP contribution < -0.4 is 4.74 Å². The first kappa shape index (κ1) is 24.8. The molecule has 8 heteroatoms. The fraction of sp³-hybridized carbons (Fsp3) is 0.654. The Labute approximate surface area is 207 Å². The van der Waals surface area contributed by atoms with Crippen LogP contribution >= 0.6 is 11.6 Å². The van der Waals surface area contributed by atoms with Crippen LogP contribution in [-0.2, 0) is 14.4 Å². The molecule has 2 atom stereocenters. The molecule has 0 aliphatic carbocycles. The average Bonchev–Trinajstić information content (AvgIpc) is 3.04. The standard InChI is InChI=1S/C26H36ClN3O4/c27-21-8-7-9-22(17-21)34-23-11-15-30(26(33)19-29-14-4-1-3-10-24(29)31)18-20(23)16-25(32)28-12-5-2-6-13-28/h7-9,17,20,23H,1-6,10-16,18-19H2/t20-,23-/m0/s1. The molecular formula is C26H36ClN3O4. The lowest BCUT2D eigenvalue weighted by Crippen LogP contribution is -2.52. The van der Waals surface area contributed by atoms with Crippen molar-refractivity contribution in [2.24, 2.45) is 5.92 Å². The summed E-state index contributed by atoms with van der Waals surface area (Å²) in [6, 6.07) is 7.31. The minimum Gasteiger partial charge on any atom is -0.490 e. The molecule has 186 valence electrons. The molecular weight excluding hydrogens is 454 g/mol. The third-order valence-corrected chi connectivity index (χ3v) is 7.48. The summed E-state index contributed by atoms with van der Waals surface area (Å²) in [6.45, 7) is 3.42. The molecule has 3 amide bonds. The second kappa shape index (κ2) is 11.9. The molecule has 34 heavy (non-hydrogen) atoms. The molecule has 3 aliphatic heterocycles. The van der Waals surface area contributed by atoms with Gasteiger partial charge in [0.2, 0.25) is 17.7 Å². The summed E-state index contributed by atoms with van der Waals surface area (Å²) in [5.41, 5.74) is 0. The number of piperidine rings is 2. The van der Waals surface area contributed by atoms with E-state index in [4.69, 9.17) is 16.3 Å². The van der Waals surface area contributed by atoms with Crippen molar-refractivity contribution in [2.45, 2.75) is 63.9 Å². The number of amides is 3. The van der Waals surface area contributed by atoms with Gasteiger partial charge in [-0.15, -0.1) is 0 Å². The zero-order chi connectivity index (χ0) is 23.9. The number of hydrogen-bond donors (Lipinski definition) is 0. The van der Waals surface area contributed by atoms with E-state index >= 15 is 0 Å². The maximum atomic E-state index is 13.1. The van der Waals surface area contributed by atoms with Crippen LogP contribution in [0.15, 0.2) is 24.3 Å². The van der Waals surface area contributed by atoms with E-state index in [0.29, 0.717) is 49.7 Å². The molecule has 0 unspecified atom stereocenters. The smallest absolute Gasteiger partial charge is 0.242 e. The number of hydrogen-bond acceptors (Lipinski definition) is 4. The number of carbonyl (C=O) groups excluding carboxylic acids is 3. The number of likely N-dealkylation sites (tertiary alicyclic amines) is 3. The Morgan fingerprint density at radius 2 is 1.71 bits per heavy atom. The molecule has 3 saturated heterocycles. The Morgan fingerprint density at radius 3 is 2.50 bits per heavy atom. The van der Waals surface area contributed by atoms with Gasteiger partial charge in [-0.1, -0.05) is 24.1 Å². The van der Waals surface area contributed by atoms with E-state index in [1.54, 1.807) is 17.0 Å². The van der Waals surface area contributed by atoms with E-state index in [2.05, 4.69) is 0 Å². The van der Waals surface area contributed by atoms with Crippen molar-refractivity contribution in [3.63, 3.8) is 0 Å². The fourth-order valence-corrected chi connectivity index (χ4v) is 5.45. The molecule has 3 aliphatic rings. The molecule has 7 nitrogen and oxygen atoms in total. The third-order valence-electron chi connectivity index (χ3n) is 7.24. The predicted octanol–water partition coefficient (Wildman–Crippen LogP) is 3.74. The van der Waals surface area contributed by atoms with Crippen LogP contribution in [0.3, 0.4) is 0 Å². The molecule has 3 fully saturated rings. The number of carbonyl (C=O) groups is 3. The summed E-state index contributed by atoms with van der Waals surface area (Å²) in [6.07, 6.45) is 7.50. The van der Waals surface area contributed by atoms with Gasteiger partial charge in [0.15, 0.2) is 0 Å². The lowest BCUT2D eigenvalue weighted by molar-refractivity contribution is -0.143. The van der Waals surface area contributed by atoms with Crippen LogP contribution in [0.2, 0.25) is 5.02 Å². The predicted molar refractivity (Wildman–Crippen MR) is 131 cm³/mol. The topological polar surface area (TPSA) is 70.2 Å². The molecule has 0 radical (unpaired) electrons. The Balaban J connectivity index is 1.42. The lowest BCUT2D eigenvalue weighted by Gasteiger charge is -2.40. The van der Waals surface area contributed by atoms with Gasteiger partial charge in [0.1, 0.15) is 11.9 Å². The molecule has 0 saturated carbocycles. The summed E-state index contributed by atoms with van der Waals surface area (Å²) in [5, 5.41) is 0.605. The van der Waals surface area contributed by atoms with Gasteiger partial charge in [0, 0.05) is 62.9 Å². The lowest BCUT2D eigenvalue weighted by atomic mass is 9.90. The quantitative estimate of drug-likeness (QED) is 0.610. The zero-order valence-corrected chi connectivity index (χ0v) is 20.7. The van der Waals surface area contributed by atoms with Crippen molar-refractivity contribution in [1.29, 1.82) is 0 Å². The summed E-state index contributed by atoms with van der Waals surface area (Å²) in [5.74, 6) is 0.754. The second-order valence-corrected chi connectivity index (χ2v) is 10.2. The molecule has 0 bridgehead atoms. The highest BCUT2D eigenvalue weighted by Crippen LogP contribution is 2.28. The summed E-state index contributed by atoms with van der Waals surface area (Å²) in [7, 11) is 0. The molecule has 0 spiro atoms. The normalized spacial score (nSPS) is 24.0. The highest BCUT2D eigenvalue weighted by atomic mass is 35.5. The highest BCUT2D eigenvalue weighted by Gasteiger charge is 2.36. The first-order chi connectivity index (χ1) is 16.5. The molecule has 1 aromatic rings. The zero-order valence-electron chi connectivity index (χ0n) is 19.9. The van der Waals surface area contributed by atoms with Crippen molar-refractivity contribution < 1.29 is 19.1 Å². The Kier molecular flexibility index (Phi) is 8.70. The third kappa shape index (κ3) is 6.65. The van der Waals surface area contributed by atoms with Crippen LogP contribution in [0.25, 0.3) is 0 Å². The van der Waals surface area contributed by atoms with Gasteiger partial charge in [0.25, 0.3) is 0 Å². The minimum absolute atomic E-state index is 0.0353. The molecule has 0 aromatic heterocycles. The fourth-order valence-electron chi connectivity index (χ4n) is 5.27. The molecule has 0 N–H and O–H groups in total. The largest absolute Gasteiger partial charge is 0.490 e. The van der Waals surface area contributed by atoms with Gasteiger partial charge in [0.05, 0.1) is 6.54 Å². The summed E-state index contributed by atoms with van der Waals surface area (Å²) in [4.78, 5) is 44.1. The molecule has 4 rings (SSSR count). The maximum Gasteiger partial charge on any atom is 0.242 e. The Morgan fingerprint density at radius 1 is 0.941 bits per heavy atom. The first-order valence-corrected chi connectivity index (χ1v) is 13.1. The maximum absolute atomic E-state index is 13.1. The second-order valence-electron chi connectivity index (χ2n) is 9.77. The van der Waals surface area contributed by atoms with E-state index in [1.807, 2.05) is 21.9 Å². The number of rotatable bonds is 6. The van der Waals surface area contributed by atoms with Crippen molar-refractivity contribution in [3.8, 4) is 5.75 Å². The van der Waals surface area contributed by atoms with E-state index < -0.39 is 0 Å². The summed E-state index contributed by atoms with van der Waals surface area (Å²) < 4.78 is 6.29. The van der Waals surface area contributed by atoms with Crippen LogP contribution in [0.5, 0.6) is 5.75 Å². The van der Waals surface area contributed by atoms with E-state index in [9.17, 15) is 14.4 Å². The summed E-state index contributed by atoms with van der Waals surface area (Å²) >= 11 is 6.14. The number of benzene rings is 1. The Bertz CT molecular complexity index is 873. The van der Waals surface area contributed by atoms with Gasteiger partial charge in [-0.3, -0.25) is 14.4 Å². The van der Waals surface area contributed by atoms with E-state index in [1.165, 1.54) is 6.42 Å². The van der Waals surface area contributed by atoms with Crippen molar-refractivity contribution >= 4 is 29.3 Å². The molecule has 1 aromatic carbocycles. The number of halogens is 1. The van der Waals surface area contributed by atoms with E-state index in [0.717, 1.165) is 45.2 Å². The van der Waals surface area contributed by atoms with Gasteiger partial charge in [-0.25, -0.2) is 0 Å². The average molecular weight is 490 g/mol. The van der Waals surface area contributed by atoms with E-state index in [-0.39, 0.29) is 36.3 Å². The van der Waals surface area contributed by atoms with Crippen molar-refractivity contribution in [2.75, 3.05) is 39.3 Å². The van der Waals surface area contributed by atoms with Gasteiger partial charge >= 0.3 is 0 Å². The van der Waals surface area contributed by atoms with Crippen molar-refractivity contribution in [3.05, 3.63) is 29.3 Å². The highest BCUT2D eigenvalue weighted by molar-refractivity contribution is 6.30. The minimum atomic E-state index is -0.170. The van der Waals surface area contributed by atoms with Gasteiger partial charge in [-0.2, -0.15) is 0 Å². The van der Waals surface area contributed by atoms with Crippen LogP contribution in [-0.4, -0.2) is 77.8 Å². The van der Waals surface area contributed by atoms with Crippen molar-refractivity contribution in [1.82, 2.24) is 14.7 Å². The number of nitrogens with zero attached hydrogens (tertiary/aromatic N) is 3. The first-order valence-electron chi connectivity index (χ1n) is 12.7. The van der Waals surface area contributed by atoms with Gasteiger partial charge < -0.3 is 19.4 Å². The monoisotopic (exact) mass is 489 g/mol. The Hall–Kier alpha value is -2.28.